The van der Waals surface area contributed by atoms with Crippen molar-refractivity contribution in [2.45, 2.75) is 26.9 Å². The van der Waals surface area contributed by atoms with E-state index in [1.807, 2.05) is 12.1 Å². The zero-order valence-corrected chi connectivity index (χ0v) is 9.79. The van der Waals surface area contributed by atoms with Crippen LogP contribution in [0.15, 0.2) is 41.0 Å². The second-order valence-electron chi connectivity index (χ2n) is 4.11. The smallest absolute Gasteiger partial charge is 0.117 e. The van der Waals surface area contributed by atoms with Gasteiger partial charge in [-0.3, -0.25) is 0 Å². The monoisotopic (exact) mass is 215 g/mol. The van der Waals surface area contributed by atoms with Crippen LogP contribution in [-0.2, 0) is 13.1 Å². The van der Waals surface area contributed by atoms with Crippen LogP contribution >= 0.6 is 0 Å². The van der Waals surface area contributed by atoms with Crippen molar-refractivity contribution < 1.29 is 4.42 Å². The summed E-state index contributed by atoms with van der Waals surface area (Å²) in [6.45, 7) is 5.92. The van der Waals surface area contributed by atoms with E-state index in [0.29, 0.717) is 0 Å². The summed E-state index contributed by atoms with van der Waals surface area (Å²) in [4.78, 5) is 0. The van der Waals surface area contributed by atoms with Gasteiger partial charge in [0.25, 0.3) is 0 Å². The van der Waals surface area contributed by atoms with Gasteiger partial charge in [-0.15, -0.1) is 0 Å². The molecule has 0 unspecified atom stereocenters. The molecule has 0 radical (unpaired) electrons. The minimum Gasteiger partial charge on any atom is -0.468 e. The molecule has 2 rings (SSSR count). The molecule has 1 heterocycles. The van der Waals surface area contributed by atoms with E-state index in [1.165, 1.54) is 16.7 Å². The molecule has 1 aromatic carbocycles. The number of hydrogen-bond donors (Lipinski definition) is 1. The Morgan fingerprint density at radius 2 is 2.00 bits per heavy atom. The first-order chi connectivity index (χ1) is 7.75. The number of benzene rings is 1. The number of rotatable bonds is 4. The third-order valence-electron chi connectivity index (χ3n) is 2.70. The first kappa shape index (κ1) is 11.0. The fraction of sp³-hybridized carbons (Fsp3) is 0.286. The van der Waals surface area contributed by atoms with E-state index >= 15 is 0 Å². The lowest BCUT2D eigenvalue weighted by Gasteiger charge is -2.07. The van der Waals surface area contributed by atoms with Gasteiger partial charge in [0.1, 0.15) is 5.76 Å². The molecule has 0 saturated heterocycles. The van der Waals surface area contributed by atoms with E-state index in [1.54, 1.807) is 6.26 Å². The Hall–Kier alpha value is -1.54. The normalized spacial score (nSPS) is 10.6. The van der Waals surface area contributed by atoms with Crippen LogP contribution in [0.4, 0.5) is 0 Å². The maximum Gasteiger partial charge on any atom is 0.117 e. The summed E-state index contributed by atoms with van der Waals surface area (Å²) in [6, 6.07) is 10.4. The van der Waals surface area contributed by atoms with Crippen molar-refractivity contribution in [3.8, 4) is 0 Å². The van der Waals surface area contributed by atoms with E-state index in [2.05, 4.69) is 37.4 Å². The molecule has 1 N–H and O–H groups in total. The van der Waals surface area contributed by atoms with E-state index in [-0.39, 0.29) is 0 Å². The summed E-state index contributed by atoms with van der Waals surface area (Å²) < 4.78 is 5.26. The summed E-state index contributed by atoms with van der Waals surface area (Å²) in [5.74, 6) is 0.977. The molecule has 16 heavy (non-hydrogen) atoms. The van der Waals surface area contributed by atoms with Gasteiger partial charge in [0, 0.05) is 6.54 Å². The van der Waals surface area contributed by atoms with Crippen molar-refractivity contribution >= 4 is 0 Å². The van der Waals surface area contributed by atoms with Crippen LogP contribution in [0.5, 0.6) is 0 Å². The summed E-state index contributed by atoms with van der Waals surface area (Å²) in [5, 5.41) is 3.38. The van der Waals surface area contributed by atoms with Gasteiger partial charge in [-0.05, 0) is 37.1 Å². The van der Waals surface area contributed by atoms with Crippen molar-refractivity contribution in [3.05, 3.63) is 59.0 Å². The number of aryl methyl sites for hydroxylation is 2. The van der Waals surface area contributed by atoms with Crippen LogP contribution in [0, 0.1) is 13.8 Å². The van der Waals surface area contributed by atoms with Crippen LogP contribution in [0.1, 0.15) is 22.5 Å². The van der Waals surface area contributed by atoms with Crippen LogP contribution < -0.4 is 5.32 Å². The second kappa shape index (κ2) is 4.99. The second-order valence-corrected chi connectivity index (χ2v) is 4.11. The molecule has 2 nitrogen and oxygen atoms in total. The Bertz CT molecular complexity index is 446. The van der Waals surface area contributed by atoms with E-state index in [0.717, 1.165) is 18.8 Å². The predicted octanol–water partition coefficient (Wildman–Crippen LogP) is 3.19. The SMILES string of the molecule is Cc1ccc(C)c(CNCc2ccco2)c1. The van der Waals surface area contributed by atoms with Crippen LogP contribution in [0.2, 0.25) is 0 Å². The number of hydrogen-bond acceptors (Lipinski definition) is 2. The van der Waals surface area contributed by atoms with Crippen LogP contribution in [0.25, 0.3) is 0 Å². The standard InChI is InChI=1S/C14H17NO/c1-11-5-6-12(2)13(8-11)9-15-10-14-4-3-7-16-14/h3-8,15H,9-10H2,1-2H3. The summed E-state index contributed by atoms with van der Waals surface area (Å²) in [5.41, 5.74) is 3.99. The highest BCUT2D eigenvalue weighted by atomic mass is 16.3. The third-order valence-corrected chi connectivity index (χ3v) is 2.70. The molecular weight excluding hydrogens is 198 g/mol. The van der Waals surface area contributed by atoms with E-state index in [9.17, 15) is 0 Å². The molecule has 84 valence electrons. The molecule has 2 aromatic rings. The van der Waals surface area contributed by atoms with Gasteiger partial charge in [-0.1, -0.05) is 23.8 Å². The van der Waals surface area contributed by atoms with Crippen LogP contribution in [0.3, 0.4) is 0 Å². The van der Waals surface area contributed by atoms with Crippen molar-refractivity contribution in [1.82, 2.24) is 5.32 Å². The first-order valence-electron chi connectivity index (χ1n) is 5.55. The zero-order valence-electron chi connectivity index (χ0n) is 9.79. The van der Waals surface area contributed by atoms with Gasteiger partial charge >= 0.3 is 0 Å². The third kappa shape index (κ3) is 2.74. The minimum absolute atomic E-state index is 0.778. The lowest BCUT2D eigenvalue weighted by molar-refractivity contribution is 0.483. The highest BCUT2D eigenvalue weighted by Gasteiger charge is 1.99. The topological polar surface area (TPSA) is 25.2 Å². The first-order valence-corrected chi connectivity index (χ1v) is 5.55. The minimum atomic E-state index is 0.778. The van der Waals surface area contributed by atoms with Gasteiger partial charge in [0.15, 0.2) is 0 Å². The molecule has 2 heteroatoms. The number of furan rings is 1. The van der Waals surface area contributed by atoms with Crippen LogP contribution in [-0.4, -0.2) is 0 Å². The average molecular weight is 215 g/mol. The Morgan fingerprint density at radius 3 is 2.75 bits per heavy atom. The Labute approximate surface area is 96.3 Å². The lowest BCUT2D eigenvalue weighted by atomic mass is 10.1. The van der Waals surface area contributed by atoms with Gasteiger partial charge in [0.2, 0.25) is 0 Å². The van der Waals surface area contributed by atoms with Gasteiger partial charge in [-0.25, -0.2) is 0 Å². The molecule has 0 aliphatic rings. The maximum atomic E-state index is 5.26. The molecule has 0 amide bonds. The van der Waals surface area contributed by atoms with Gasteiger partial charge in [-0.2, -0.15) is 0 Å². The lowest BCUT2D eigenvalue weighted by Crippen LogP contribution is -2.13. The molecule has 0 aliphatic heterocycles. The molecule has 0 bridgehead atoms. The van der Waals surface area contributed by atoms with Crippen molar-refractivity contribution in [1.29, 1.82) is 0 Å². The molecule has 0 saturated carbocycles. The van der Waals surface area contributed by atoms with E-state index in [4.69, 9.17) is 4.42 Å². The predicted molar refractivity (Wildman–Crippen MR) is 65.2 cm³/mol. The van der Waals surface area contributed by atoms with Gasteiger partial charge in [0.05, 0.1) is 12.8 Å². The molecular formula is C14H17NO. The Morgan fingerprint density at radius 1 is 1.12 bits per heavy atom. The van der Waals surface area contributed by atoms with Crippen molar-refractivity contribution in [2.24, 2.45) is 0 Å². The fourth-order valence-electron chi connectivity index (χ4n) is 1.72. The molecule has 0 atom stereocenters. The van der Waals surface area contributed by atoms with Crippen molar-refractivity contribution in [3.63, 3.8) is 0 Å². The summed E-state index contributed by atoms with van der Waals surface area (Å²) in [7, 11) is 0. The molecule has 0 spiro atoms. The van der Waals surface area contributed by atoms with Crippen molar-refractivity contribution in [2.75, 3.05) is 0 Å². The fourth-order valence-corrected chi connectivity index (χ4v) is 1.72. The largest absolute Gasteiger partial charge is 0.468 e. The quantitative estimate of drug-likeness (QED) is 0.847. The number of nitrogens with one attached hydrogen (secondary N) is 1. The zero-order chi connectivity index (χ0) is 11.4. The maximum absolute atomic E-state index is 5.26. The molecule has 1 aromatic heterocycles. The average Bonchev–Trinajstić information content (AvgIpc) is 2.76. The summed E-state index contributed by atoms with van der Waals surface area (Å²) >= 11 is 0. The van der Waals surface area contributed by atoms with E-state index < -0.39 is 0 Å². The highest BCUT2D eigenvalue weighted by molar-refractivity contribution is 5.30. The summed E-state index contributed by atoms with van der Waals surface area (Å²) in [6.07, 6.45) is 1.70. The molecule has 0 fully saturated rings. The highest BCUT2D eigenvalue weighted by Crippen LogP contribution is 2.10. The Kier molecular flexibility index (Phi) is 3.42. The van der Waals surface area contributed by atoms with Gasteiger partial charge < -0.3 is 9.73 Å². The molecule has 0 aliphatic carbocycles. The Balaban J connectivity index is 1.92.